The van der Waals surface area contributed by atoms with Crippen molar-refractivity contribution < 1.29 is 9.53 Å². The molecule has 0 saturated heterocycles. The van der Waals surface area contributed by atoms with Gasteiger partial charge in [0.25, 0.3) is 5.91 Å². The summed E-state index contributed by atoms with van der Waals surface area (Å²) in [5.74, 6) is 0.409. The molecule has 1 N–H and O–H groups in total. The zero-order valence-electron chi connectivity index (χ0n) is 15.2. The highest BCUT2D eigenvalue weighted by molar-refractivity contribution is 5.95. The smallest absolute Gasteiger partial charge is 0.265 e. The Morgan fingerprint density at radius 3 is 2.35 bits per heavy atom. The Balaban J connectivity index is 1.66. The predicted octanol–water partition coefficient (Wildman–Crippen LogP) is 2.99. The summed E-state index contributed by atoms with van der Waals surface area (Å²) in [5.41, 5.74) is 4.89. The van der Waals surface area contributed by atoms with Crippen LogP contribution in [-0.2, 0) is 4.79 Å². The van der Waals surface area contributed by atoms with E-state index in [4.69, 9.17) is 4.74 Å². The molecule has 0 saturated carbocycles. The maximum absolute atomic E-state index is 12.5. The standard InChI is InChI=1S/C19H21N5O2/c1-12-9-13(2)18(14(3)10-12)21-19(25)15(4)26-17-7-5-16(6-8-17)24-11-20-22-23-24/h5-11,15H,1-4H3,(H,21,25). The summed E-state index contributed by atoms with van der Waals surface area (Å²) >= 11 is 0. The van der Waals surface area contributed by atoms with Crippen LogP contribution in [0.3, 0.4) is 0 Å². The van der Waals surface area contributed by atoms with Gasteiger partial charge in [-0.05, 0) is 73.5 Å². The molecule has 1 heterocycles. The highest BCUT2D eigenvalue weighted by Crippen LogP contribution is 2.23. The van der Waals surface area contributed by atoms with Crippen LogP contribution >= 0.6 is 0 Å². The zero-order valence-corrected chi connectivity index (χ0v) is 15.2. The lowest BCUT2D eigenvalue weighted by Crippen LogP contribution is -2.30. The third-order valence-electron chi connectivity index (χ3n) is 4.06. The number of carbonyl (C=O) groups excluding carboxylic acids is 1. The van der Waals surface area contributed by atoms with Crippen LogP contribution in [0.2, 0.25) is 0 Å². The number of anilines is 1. The van der Waals surface area contributed by atoms with Crippen molar-refractivity contribution in [3.05, 3.63) is 59.4 Å². The van der Waals surface area contributed by atoms with Crippen LogP contribution in [-0.4, -0.2) is 32.2 Å². The molecule has 0 aliphatic rings. The Labute approximate surface area is 152 Å². The van der Waals surface area contributed by atoms with E-state index in [1.807, 2.05) is 45.0 Å². The fraction of sp³-hybridized carbons (Fsp3) is 0.263. The number of benzene rings is 2. The number of nitrogens with zero attached hydrogens (tertiary/aromatic N) is 4. The number of tetrazole rings is 1. The van der Waals surface area contributed by atoms with E-state index in [1.54, 1.807) is 23.7 Å². The largest absolute Gasteiger partial charge is 0.481 e. The number of carbonyl (C=O) groups is 1. The van der Waals surface area contributed by atoms with Crippen LogP contribution in [0.4, 0.5) is 5.69 Å². The molecule has 1 atom stereocenters. The first-order valence-electron chi connectivity index (χ1n) is 8.33. The molecule has 1 unspecified atom stereocenters. The zero-order chi connectivity index (χ0) is 18.7. The quantitative estimate of drug-likeness (QED) is 0.764. The number of ether oxygens (including phenoxy) is 1. The number of nitrogens with one attached hydrogen (secondary N) is 1. The number of rotatable bonds is 5. The molecular formula is C19H21N5O2. The van der Waals surface area contributed by atoms with Gasteiger partial charge in [0, 0.05) is 5.69 Å². The van der Waals surface area contributed by atoms with Crippen LogP contribution in [0, 0.1) is 20.8 Å². The normalized spacial score (nSPS) is 11.8. The van der Waals surface area contributed by atoms with Gasteiger partial charge in [0.05, 0.1) is 5.69 Å². The molecule has 3 aromatic rings. The lowest BCUT2D eigenvalue weighted by Gasteiger charge is -2.17. The number of aromatic nitrogens is 4. The van der Waals surface area contributed by atoms with E-state index >= 15 is 0 Å². The maximum Gasteiger partial charge on any atom is 0.265 e. The van der Waals surface area contributed by atoms with Crippen molar-refractivity contribution in [3.8, 4) is 11.4 Å². The van der Waals surface area contributed by atoms with Crippen LogP contribution in [0.1, 0.15) is 23.6 Å². The molecular weight excluding hydrogens is 330 g/mol. The molecule has 0 radical (unpaired) electrons. The minimum absolute atomic E-state index is 0.190. The lowest BCUT2D eigenvalue weighted by molar-refractivity contribution is -0.122. The van der Waals surface area contributed by atoms with Crippen LogP contribution in [0.15, 0.2) is 42.7 Å². The van der Waals surface area contributed by atoms with Crippen molar-refractivity contribution in [1.29, 1.82) is 0 Å². The molecule has 1 aromatic heterocycles. The monoisotopic (exact) mass is 351 g/mol. The van der Waals surface area contributed by atoms with Crippen molar-refractivity contribution in [2.75, 3.05) is 5.32 Å². The number of aryl methyl sites for hydroxylation is 3. The molecule has 134 valence electrons. The van der Waals surface area contributed by atoms with Crippen molar-refractivity contribution in [2.24, 2.45) is 0 Å². The maximum atomic E-state index is 12.5. The highest BCUT2D eigenvalue weighted by atomic mass is 16.5. The molecule has 0 spiro atoms. The van der Waals surface area contributed by atoms with Gasteiger partial charge in [0.1, 0.15) is 12.1 Å². The van der Waals surface area contributed by atoms with Gasteiger partial charge in [-0.3, -0.25) is 4.79 Å². The van der Waals surface area contributed by atoms with E-state index < -0.39 is 6.10 Å². The number of amides is 1. The van der Waals surface area contributed by atoms with Gasteiger partial charge >= 0.3 is 0 Å². The van der Waals surface area contributed by atoms with E-state index in [9.17, 15) is 4.79 Å². The molecule has 0 fully saturated rings. The van der Waals surface area contributed by atoms with Gasteiger partial charge in [-0.25, -0.2) is 4.68 Å². The summed E-state index contributed by atoms with van der Waals surface area (Å²) < 4.78 is 7.30. The first-order valence-corrected chi connectivity index (χ1v) is 8.33. The van der Waals surface area contributed by atoms with Crippen molar-refractivity contribution in [2.45, 2.75) is 33.8 Å². The van der Waals surface area contributed by atoms with Crippen molar-refractivity contribution >= 4 is 11.6 Å². The summed E-state index contributed by atoms with van der Waals surface area (Å²) in [6.45, 7) is 7.73. The molecule has 0 bridgehead atoms. The summed E-state index contributed by atoms with van der Waals surface area (Å²) in [7, 11) is 0. The first-order chi connectivity index (χ1) is 12.4. The van der Waals surface area contributed by atoms with Crippen molar-refractivity contribution in [3.63, 3.8) is 0 Å². The number of hydrogen-bond donors (Lipinski definition) is 1. The summed E-state index contributed by atoms with van der Waals surface area (Å²) in [5, 5.41) is 14.0. The Kier molecular flexibility index (Phi) is 4.97. The summed E-state index contributed by atoms with van der Waals surface area (Å²) in [4.78, 5) is 12.5. The molecule has 26 heavy (non-hydrogen) atoms. The van der Waals surface area contributed by atoms with Crippen LogP contribution in [0.25, 0.3) is 5.69 Å². The van der Waals surface area contributed by atoms with E-state index in [-0.39, 0.29) is 5.91 Å². The fourth-order valence-corrected chi connectivity index (χ4v) is 2.82. The van der Waals surface area contributed by atoms with E-state index in [2.05, 4.69) is 20.8 Å². The Morgan fingerprint density at radius 1 is 1.12 bits per heavy atom. The van der Waals surface area contributed by atoms with Gasteiger partial charge < -0.3 is 10.1 Å². The third-order valence-corrected chi connectivity index (χ3v) is 4.06. The van der Waals surface area contributed by atoms with Crippen molar-refractivity contribution in [1.82, 2.24) is 20.2 Å². The van der Waals surface area contributed by atoms with Gasteiger partial charge in [0.2, 0.25) is 0 Å². The molecule has 1 amide bonds. The molecule has 0 aliphatic heterocycles. The predicted molar refractivity (Wildman–Crippen MR) is 98.5 cm³/mol. The Hall–Kier alpha value is -3.22. The van der Waals surface area contributed by atoms with E-state index in [1.165, 1.54) is 11.9 Å². The minimum atomic E-state index is -0.631. The molecule has 0 aliphatic carbocycles. The van der Waals surface area contributed by atoms with E-state index in [0.29, 0.717) is 5.75 Å². The lowest BCUT2D eigenvalue weighted by atomic mass is 10.0. The topological polar surface area (TPSA) is 81.9 Å². The van der Waals surface area contributed by atoms with Gasteiger partial charge in [-0.1, -0.05) is 17.7 Å². The number of hydrogen-bond acceptors (Lipinski definition) is 5. The highest BCUT2D eigenvalue weighted by Gasteiger charge is 2.17. The average molecular weight is 351 g/mol. The molecule has 7 heteroatoms. The second-order valence-electron chi connectivity index (χ2n) is 6.27. The second-order valence-corrected chi connectivity index (χ2v) is 6.27. The average Bonchev–Trinajstić information content (AvgIpc) is 3.13. The third kappa shape index (κ3) is 3.88. The second kappa shape index (κ2) is 7.35. The summed E-state index contributed by atoms with van der Waals surface area (Å²) in [6, 6.07) is 11.3. The Bertz CT molecular complexity index is 881. The summed E-state index contributed by atoms with van der Waals surface area (Å²) in [6.07, 6.45) is 0.882. The van der Waals surface area contributed by atoms with Gasteiger partial charge in [-0.2, -0.15) is 0 Å². The first kappa shape index (κ1) is 17.6. The van der Waals surface area contributed by atoms with E-state index in [0.717, 1.165) is 22.5 Å². The Morgan fingerprint density at radius 2 is 1.77 bits per heavy atom. The van der Waals surface area contributed by atoms with Crippen LogP contribution in [0.5, 0.6) is 5.75 Å². The SMILES string of the molecule is Cc1cc(C)c(NC(=O)C(C)Oc2ccc(-n3cnnn3)cc2)c(C)c1. The van der Waals surface area contributed by atoms with Gasteiger partial charge in [-0.15, -0.1) is 5.10 Å². The molecule has 2 aromatic carbocycles. The molecule has 3 rings (SSSR count). The fourth-order valence-electron chi connectivity index (χ4n) is 2.82. The minimum Gasteiger partial charge on any atom is -0.481 e. The molecule has 7 nitrogen and oxygen atoms in total. The van der Waals surface area contributed by atoms with Gasteiger partial charge in [0.15, 0.2) is 6.10 Å². The van der Waals surface area contributed by atoms with Crippen LogP contribution < -0.4 is 10.1 Å².